The van der Waals surface area contributed by atoms with Gasteiger partial charge in [0.15, 0.2) is 0 Å². The Morgan fingerprint density at radius 2 is 1.92 bits per heavy atom. The molecule has 1 unspecified atom stereocenters. The number of aromatic nitrogens is 5. The number of para-hydroxylation sites is 1. The third kappa shape index (κ3) is 4.94. The highest BCUT2D eigenvalue weighted by Gasteiger charge is 2.37. The van der Waals surface area contributed by atoms with Gasteiger partial charge in [0.05, 0.1) is 35.7 Å². The first kappa shape index (κ1) is 24.6. The number of likely N-dealkylation sites (tertiary alicyclic amines) is 1. The summed E-state index contributed by atoms with van der Waals surface area (Å²) < 4.78 is 53.3. The normalized spacial score (nSPS) is 15.7. The number of alkyl halides is 3. The minimum absolute atomic E-state index is 0.000166. The van der Waals surface area contributed by atoms with E-state index >= 15 is 0 Å². The van der Waals surface area contributed by atoms with Crippen molar-refractivity contribution in [2.75, 3.05) is 13.7 Å². The number of carbonyl (C=O) groups is 1. The fraction of sp³-hybridized carbons (Fsp3) is 0.261. The largest absolute Gasteiger partial charge is 0.573 e. The molecule has 4 aromatic rings. The minimum Gasteiger partial charge on any atom is -0.495 e. The van der Waals surface area contributed by atoms with Gasteiger partial charge in [-0.25, -0.2) is 0 Å². The quantitative estimate of drug-likeness (QED) is 0.345. The standard InChI is InChI=1S/C23H18ClF3N6O4/c1-35-19-11-14(17(12-15(19)24)33-28-8-9-29-33)22(34)32-10-4-6-16(32)21-30-20(31-37-21)13-5-2-3-7-18(13)36-23(25,26)27/h2-3,5,7-9,11-12,16H,4,6,10H2,1H3. The van der Waals surface area contributed by atoms with Crippen LogP contribution in [-0.4, -0.2) is 56.0 Å². The van der Waals surface area contributed by atoms with Crippen LogP contribution < -0.4 is 9.47 Å². The smallest absolute Gasteiger partial charge is 0.495 e. The number of rotatable bonds is 6. The van der Waals surface area contributed by atoms with Crippen molar-refractivity contribution in [3.8, 4) is 28.6 Å². The number of halogens is 4. The van der Waals surface area contributed by atoms with Gasteiger partial charge in [0.1, 0.15) is 23.2 Å². The van der Waals surface area contributed by atoms with Crippen molar-refractivity contribution in [3.63, 3.8) is 0 Å². The van der Waals surface area contributed by atoms with E-state index in [-0.39, 0.29) is 39.5 Å². The highest BCUT2D eigenvalue weighted by Crippen LogP contribution is 2.38. The number of benzene rings is 2. The van der Waals surface area contributed by atoms with Crippen molar-refractivity contribution in [2.45, 2.75) is 25.2 Å². The second kappa shape index (κ2) is 9.73. The zero-order chi connectivity index (χ0) is 26.2. The average molecular weight is 535 g/mol. The van der Waals surface area contributed by atoms with E-state index in [0.717, 1.165) is 6.07 Å². The van der Waals surface area contributed by atoms with E-state index in [4.69, 9.17) is 20.9 Å². The van der Waals surface area contributed by atoms with Gasteiger partial charge in [-0.2, -0.15) is 20.0 Å². The highest BCUT2D eigenvalue weighted by molar-refractivity contribution is 6.32. The number of amides is 1. The first-order valence-electron chi connectivity index (χ1n) is 11.0. The number of methoxy groups -OCH3 is 1. The van der Waals surface area contributed by atoms with Crippen molar-refractivity contribution in [2.24, 2.45) is 0 Å². The molecule has 1 amide bonds. The predicted octanol–water partition coefficient (Wildman–Crippen LogP) is 4.86. The Bertz CT molecular complexity index is 1430. The van der Waals surface area contributed by atoms with Crippen LogP contribution in [0.25, 0.3) is 17.1 Å². The van der Waals surface area contributed by atoms with Crippen molar-refractivity contribution in [1.82, 2.24) is 30.0 Å². The molecule has 0 spiro atoms. The van der Waals surface area contributed by atoms with Gasteiger partial charge >= 0.3 is 6.36 Å². The molecule has 0 bridgehead atoms. The van der Waals surface area contributed by atoms with Crippen molar-refractivity contribution in [3.05, 3.63) is 65.3 Å². The average Bonchev–Trinajstić information content (AvgIpc) is 3.64. The van der Waals surface area contributed by atoms with Gasteiger partial charge in [-0.15, -0.1) is 13.2 Å². The number of ether oxygens (including phenoxy) is 2. The first-order chi connectivity index (χ1) is 17.7. The van der Waals surface area contributed by atoms with E-state index in [1.807, 2.05) is 0 Å². The van der Waals surface area contributed by atoms with Crippen LogP contribution in [0.15, 0.2) is 53.3 Å². The summed E-state index contributed by atoms with van der Waals surface area (Å²) in [6.45, 7) is 0.381. The molecule has 37 heavy (non-hydrogen) atoms. The molecule has 5 rings (SSSR count). The van der Waals surface area contributed by atoms with Gasteiger partial charge in [-0.3, -0.25) is 4.79 Å². The molecular weight excluding hydrogens is 517 g/mol. The topological polar surface area (TPSA) is 108 Å². The van der Waals surface area contributed by atoms with Gasteiger partial charge in [-0.1, -0.05) is 28.9 Å². The fourth-order valence-corrected chi connectivity index (χ4v) is 4.38. The molecule has 1 fully saturated rings. The zero-order valence-electron chi connectivity index (χ0n) is 19.1. The third-order valence-corrected chi connectivity index (χ3v) is 6.02. The summed E-state index contributed by atoms with van der Waals surface area (Å²) in [7, 11) is 1.43. The Hall–Kier alpha value is -4.13. The predicted molar refractivity (Wildman–Crippen MR) is 122 cm³/mol. The van der Waals surface area contributed by atoms with Gasteiger partial charge in [-0.05, 0) is 37.1 Å². The summed E-state index contributed by atoms with van der Waals surface area (Å²) in [5.74, 6) is -0.569. The lowest BCUT2D eigenvalue weighted by atomic mass is 10.1. The summed E-state index contributed by atoms with van der Waals surface area (Å²) in [6.07, 6.45) is -0.815. The monoisotopic (exact) mass is 534 g/mol. The SMILES string of the molecule is COc1cc(C(=O)N2CCCC2c2nc(-c3ccccc3OC(F)(F)F)no2)c(-n2nccn2)cc1Cl. The molecule has 0 N–H and O–H groups in total. The van der Waals surface area contributed by atoms with Crippen molar-refractivity contribution in [1.29, 1.82) is 0 Å². The minimum atomic E-state index is -4.89. The lowest BCUT2D eigenvalue weighted by Gasteiger charge is -2.23. The van der Waals surface area contributed by atoms with E-state index in [9.17, 15) is 18.0 Å². The number of carbonyl (C=O) groups excluding carboxylic acids is 1. The Morgan fingerprint density at radius 1 is 1.16 bits per heavy atom. The van der Waals surface area contributed by atoms with Crippen LogP contribution in [0, 0.1) is 0 Å². The molecule has 0 radical (unpaired) electrons. The van der Waals surface area contributed by atoms with Crippen LogP contribution in [0.5, 0.6) is 11.5 Å². The molecule has 0 aliphatic carbocycles. The second-order valence-corrected chi connectivity index (χ2v) is 8.39. The number of nitrogens with zero attached hydrogens (tertiary/aromatic N) is 6. The molecule has 3 heterocycles. The van der Waals surface area contributed by atoms with E-state index in [1.165, 1.54) is 54.6 Å². The van der Waals surface area contributed by atoms with Gasteiger partial charge < -0.3 is 18.9 Å². The molecule has 0 saturated carbocycles. The molecule has 14 heteroatoms. The molecule has 1 saturated heterocycles. The number of hydrogen-bond donors (Lipinski definition) is 0. The molecule has 1 aliphatic rings. The summed E-state index contributed by atoms with van der Waals surface area (Å²) >= 11 is 6.29. The fourth-order valence-electron chi connectivity index (χ4n) is 4.14. The molecule has 192 valence electrons. The first-order valence-corrected chi connectivity index (χ1v) is 11.4. The molecule has 2 aromatic heterocycles. The Balaban J connectivity index is 1.48. The zero-order valence-corrected chi connectivity index (χ0v) is 19.9. The van der Waals surface area contributed by atoms with Crippen LogP contribution in [0.2, 0.25) is 5.02 Å². The third-order valence-electron chi connectivity index (χ3n) is 5.73. The Morgan fingerprint density at radius 3 is 2.65 bits per heavy atom. The maximum atomic E-state index is 13.7. The molecule has 1 atom stereocenters. The van der Waals surface area contributed by atoms with Gasteiger partial charge in [0.25, 0.3) is 5.91 Å². The van der Waals surface area contributed by atoms with Crippen LogP contribution in [0.3, 0.4) is 0 Å². The molecular formula is C23H18ClF3N6O4. The summed E-state index contributed by atoms with van der Waals surface area (Å²) in [5.41, 5.74) is 0.573. The van der Waals surface area contributed by atoms with E-state index in [1.54, 1.807) is 4.90 Å². The Labute approximate surface area is 212 Å². The van der Waals surface area contributed by atoms with Gasteiger partial charge in [0, 0.05) is 6.54 Å². The van der Waals surface area contributed by atoms with E-state index < -0.39 is 18.2 Å². The summed E-state index contributed by atoms with van der Waals surface area (Å²) in [6, 6.07) is 7.89. The summed E-state index contributed by atoms with van der Waals surface area (Å²) in [5, 5.41) is 12.3. The highest BCUT2D eigenvalue weighted by atomic mass is 35.5. The molecule has 2 aromatic carbocycles. The van der Waals surface area contributed by atoms with Crippen LogP contribution in [0.4, 0.5) is 13.2 Å². The van der Waals surface area contributed by atoms with Crippen LogP contribution in [0.1, 0.15) is 35.1 Å². The van der Waals surface area contributed by atoms with Crippen molar-refractivity contribution < 1.29 is 32.0 Å². The summed E-state index contributed by atoms with van der Waals surface area (Å²) in [4.78, 5) is 20.9. The number of hydrogen-bond acceptors (Lipinski definition) is 8. The molecule has 1 aliphatic heterocycles. The van der Waals surface area contributed by atoms with E-state index in [2.05, 4.69) is 25.1 Å². The second-order valence-electron chi connectivity index (χ2n) is 7.98. The lowest BCUT2D eigenvalue weighted by Crippen LogP contribution is -2.31. The Kier molecular flexibility index (Phi) is 6.46. The lowest BCUT2D eigenvalue weighted by molar-refractivity contribution is -0.274. The van der Waals surface area contributed by atoms with Gasteiger partial charge in [0.2, 0.25) is 11.7 Å². The molecule has 10 nitrogen and oxygen atoms in total. The van der Waals surface area contributed by atoms with Crippen LogP contribution >= 0.6 is 11.6 Å². The maximum absolute atomic E-state index is 13.7. The van der Waals surface area contributed by atoms with Crippen LogP contribution in [-0.2, 0) is 0 Å². The van der Waals surface area contributed by atoms with E-state index in [0.29, 0.717) is 25.1 Å². The van der Waals surface area contributed by atoms with Crippen molar-refractivity contribution >= 4 is 17.5 Å². The maximum Gasteiger partial charge on any atom is 0.573 e.